The average Bonchev–Trinajstić information content (AvgIpc) is 2.72. The zero-order chi connectivity index (χ0) is 22.1. The van der Waals surface area contributed by atoms with Crippen LogP contribution in [0.2, 0.25) is 0 Å². The Morgan fingerprint density at radius 3 is 2.40 bits per heavy atom. The first kappa shape index (κ1) is 23.2. The number of ether oxygens (including phenoxy) is 2. The molecule has 8 heteroatoms. The molecule has 0 aromatic heterocycles. The van der Waals surface area contributed by atoms with Gasteiger partial charge in [-0.2, -0.15) is 0 Å². The van der Waals surface area contributed by atoms with E-state index in [9.17, 15) is 9.59 Å². The highest BCUT2D eigenvalue weighted by Crippen LogP contribution is 2.22. The highest BCUT2D eigenvalue weighted by molar-refractivity contribution is 7.80. The van der Waals surface area contributed by atoms with Crippen molar-refractivity contribution in [2.45, 2.75) is 40.2 Å². The van der Waals surface area contributed by atoms with E-state index in [2.05, 4.69) is 16.2 Å². The number of hydrazine groups is 1. The van der Waals surface area contributed by atoms with E-state index in [0.717, 1.165) is 17.5 Å². The lowest BCUT2D eigenvalue weighted by molar-refractivity contribution is -0.123. The number of hydrogen-bond acceptors (Lipinski definition) is 5. The van der Waals surface area contributed by atoms with Crippen molar-refractivity contribution in [3.8, 4) is 11.5 Å². The highest BCUT2D eigenvalue weighted by atomic mass is 32.1. The molecule has 2 amide bonds. The standard InChI is InChI=1S/C22H27N3O4S/c1-5-16(4)29-18-11-7-10-17(12-18)21(27)23-22(30)25-24-19(26)13-28-20-14(2)8-6-9-15(20)3/h6-12,16H,5,13H2,1-4H3,(H,24,26)(H2,23,25,27,30). The fourth-order valence-corrected chi connectivity index (χ4v) is 2.70. The van der Waals surface area contributed by atoms with Crippen LogP contribution in [0.1, 0.15) is 41.8 Å². The van der Waals surface area contributed by atoms with Gasteiger partial charge in [0, 0.05) is 5.56 Å². The van der Waals surface area contributed by atoms with Crippen LogP contribution < -0.4 is 25.6 Å². The third-order valence-corrected chi connectivity index (χ3v) is 4.51. The first-order chi connectivity index (χ1) is 14.3. The molecule has 7 nitrogen and oxygen atoms in total. The van der Waals surface area contributed by atoms with Crippen LogP contribution in [0.15, 0.2) is 42.5 Å². The van der Waals surface area contributed by atoms with Crippen LogP contribution in [0.4, 0.5) is 0 Å². The van der Waals surface area contributed by atoms with Crippen LogP contribution >= 0.6 is 12.2 Å². The van der Waals surface area contributed by atoms with Crippen LogP contribution in [0.5, 0.6) is 11.5 Å². The van der Waals surface area contributed by atoms with E-state index in [0.29, 0.717) is 17.1 Å². The van der Waals surface area contributed by atoms with Crippen molar-refractivity contribution in [3.05, 3.63) is 59.2 Å². The maximum absolute atomic E-state index is 12.4. The SMILES string of the molecule is CCC(C)Oc1cccc(C(=O)NC(=S)NNC(=O)COc2c(C)cccc2C)c1. The van der Waals surface area contributed by atoms with Gasteiger partial charge in [-0.3, -0.25) is 25.8 Å². The number of carbonyl (C=O) groups excluding carboxylic acids is 2. The van der Waals surface area contributed by atoms with Gasteiger partial charge in [-0.05, 0) is 68.7 Å². The molecule has 2 rings (SSSR count). The Bertz CT molecular complexity index is 897. The Morgan fingerprint density at radius 1 is 1.07 bits per heavy atom. The van der Waals surface area contributed by atoms with Crippen LogP contribution in [-0.2, 0) is 4.79 Å². The Morgan fingerprint density at radius 2 is 1.73 bits per heavy atom. The molecule has 2 aromatic carbocycles. The summed E-state index contributed by atoms with van der Waals surface area (Å²) in [5, 5.41) is 2.47. The van der Waals surface area contributed by atoms with E-state index in [1.807, 2.05) is 45.9 Å². The fraction of sp³-hybridized carbons (Fsp3) is 0.318. The summed E-state index contributed by atoms with van der Waals surface area (Å²) in [5.74, 6) is 0.428. The Balaban J connectivity index is 1.80. The molecule has 30 heavy (non-hydrogen) atoms. The number of para-hydroxylation sites is 1. The summed E-state index contributed by atoms with van der Waals surface area (Å²) in [6, 6.07) is 12.6. The first-order valence-electron chi connectivity index (χ1n) is 9.66. The van der Waals surface area contributed by atoms with Crippen molar-refractivity contribution in [1.29, 1.82) is 0 Å². The zero-order valence-electron chi connectivity index (χ0n) is 17.6. The van der Waals surface area contributed by atoms with E-state index in [1.54, 1.807) is 24.3 Å². The summed E-state index contributed by atoms with van der Waals surface area (Å²) >= 11 is 5.06. The molecule has 0 radical (unpaired) electrons. The molecule has 3 N–H and O–H groups in total. The van der Waals surface area contributed by atoms with Crippen LogP contribution in [0.25, 0.3) is 0 Å². The van der Waals surface area contributed by atoms with Gasteiger partial charge in [-0.15, -0.1) is 0 Å². The number of aryl methyl sites for hydroxylation is 2. The van der Waals surface area contributed by atoms with E-state index in [-0.39, 0.29) is 17.8 Å². The minimum atomic E-state index is -0.432. The van der Waals surface area contributed by atoms with Gasteiger partial charge in [0.1, 0.15) is 11.5 Å². The van der Waals surface area contributed by atoms with Gasteiger partial charge < -0.3 is 9.47 Å². The lowest BCUT2D eigenvalue weighted by Crippen LogP contribution is -2.49. The van der Waals surface area contributed by atoms with Crippen molar-refractivity contribution in [2.75, 3.05) is 6.61 Å². The van der Waals surface area contributed by atoms with Crippen molar-refractivity contribution in [1.82, 2.24) is 16.2 Å². The largest absolute Gasteiger partial charge is 0.491 e. The van der Waals surface area contributed by atoms with Gasteiger partial charge in [-0.1, -0.05) is 31.2 Å². The summed E-state index contributed by atoms with van der Waals surface area (Å²) in [6.07, 6.45) is 0.906. The number of hydrogen-bond donors (Lipinski definition) is 3. The first-order valence-corrected chi connectivity index (χ1v) is 10.1. The third kappa shape index (κ3) is 7.04. The fourth-order valence-electron chi connectivity index (χ4n) is 2.56. The number of thiocarbonyl (C=S) groups is 1. The molecule has 160 valence electrons. The van der Waals surface area contributed by atoms with Gasteiger partial charge in [0.15, 0.2) is 11.7 Å². The normalized spacial score (nSPS) is 11.2. The molecule has 0 aliphatic carbocycles. The molecule has 0 saturated heterocycles. The summed E-state index contributed by atoms with van der Waals surface area (Å²) in [7, 11) is 0. The molecular formula is C22H27N3O4S. The summed E-state index contributed by atoms with van der Waals surface area (Å²) in [5.41, 5.74) is 7.17. The number of carbonyl (C=O) groups is 2. The Labute approximate surface area is 182 Å². The number of nitrogens with one attached hydrogen (secondary N) is 3. The Kier molecular flexibility index (Phi) is 8.61. The third-order valence-electron chi connectivity index (χ3n) is 4.31. The molecule has 2 aromatic rings. The molecular weight excluding hydrogens is 402 g/mol. The molecule has 0 fully saturated rings. The van der Waals surface area contributed by atoms with Crippen molar-refractivity contribution < 1.29 is 19.1 Å². The predicted molar refractivity (Wildman–Crippen MR) is 120 cm³/mol. The highest BCUT2D eigenvalue weighted by Gasteiger charge is 2.11. The predicted octanol–water partition coefficient (Wildman–Crippen LogP) is 3.20. The van der Waals surface area contributed by atoms with Gasteiger partial charge in [0.05, 0.1) is 6.10 Å². The molecule has 0 aliphatic heterocycles. The lowest BCUT2D eigenvalue weighted by Gasteiger charge is -2.14. The van der Waals surface area contributed by atoms with Gasteiger partial charge in [-0.25, -0.2) is 0 Å². The summed E-state index contributed by atoms with van der Waals surface area (Å²) in [6.45, 7) is 7.61. The molecule has 1 unspecified atom stereocenters. The Hall–Kier alpha value is -3.13. The number of rotatable bonds is 7. The minimum Gasteiger partial charge on any atom is -0.491 e. The topological polar surface area (TPSA) is 88.7 Å². The van der Waals surface area contributed by atoms with Crippen molar-refractivity contribution >= 4 is 29.1 Å². The van der Waals surface area contributed by atoms with Crippen LogP contribution in [0.3, 0.4) is 0 Å². The second-order valence-corrected chi connectivity index (χ2v) is 7.24. The molecule has 0 saturated carbocycles. The smallest absolute Gasteiger partial charge is 0.276 e. The van der Waals surface area contributed by atoms with Gasteiger partial charge in [0.25, 0.3) is 11.8 Å². The molecule has 0 bridgehead atoms. The molecule has 0 heterocycles. The second-order valence-electron chi connectivity index (χ2n) is 6.83. The maximum atomic E-state index is 12.4. The van der Waals surface area contributed by atoms with Gasteiger partial charge >= 0.3 is 0 Å². The molecule has 0 spiro atoms. The molecule has 1 atom stereocenters. The monoisotopic (exact) mass is 429 g/mol. The molecule has 0 aliphatic rings. The van der Waals surface area contributed by atoms with Gasteiger partial charge in [0.2, 0.25) is 0 Å². The van der Waals surface area contributed by atoms with E-state index in [1.165, 1.54) is 0 Å². The van der Waals surface area contributed by atoms with Crippen molar-refractivity contribution in [3.63, 3.8) is 0 Å². The van der Waals surface area contributed by atoms with Crippen LogP contribution in [0, 0.1) is 13.8 Å². The second kappa shape index (κ2) is 11.2. The number of amides is 2. The lowest BCUT2D eigenvalue weighted by atomic mass is 10.1. The van der Waals surface area contributed by atoms with E-state index >= 15 is 0 Å². The summed E-state index contributed by atoms with van der Waals surface area (Å²) in [4.78, 5) is 24.3. The maximum Gasteiger partial charge on any atom is 0.276 e. The zero-order valence-corrected chi connectivity index (χ0v) is 18.4. The average molecular weight is 430 g/mol. The number of benzene rings is 2. The van der Waals surface area contributed by atoms with E-state index in [4.69, 9.17) is 21.7 Å². The van der Waals surface area contributed by atoms with Crippen molar-refractivity contribution in [2.24, 2.45) is 0 Å². The van der Waals surface area contributed by atoms with E-state index < -0.39 is 11.8 Å². The minimum absolute atomic E-state index is 0.0336. The van der Waals surface area contributed by atoms with Crippen LogP contribution in [-0.4, -0.2) is 29.6 Å². The quantitative estimate of drug-likeness (QED) is 0.463. The summed E-state index contributed by atoms with van der Waals surface area (Å²) < 4.78 is 11.3.